The molecule has 0 amide bonds. The third-order valence-corrected chi connectivity index (χ3v) is 2.91. The van der Waals surface area contributed by atoms with Crippen molar-refractivity contribution in [1.29, 1.82) is 0 Å². The number of aliphatic hydroxyl groups excluding tert-OH is 1. The van der Waals surface area contributed by atoms with Crippen LogP contribution in [0.5, 0.6) is 17.2 Å². The first kappa shape index (κ1) is 14.1. The van der Waals surface area contributed by atoms with Crippen LogP contribution >= 0.6 is 0 Å². The van der Waals surface area contributed by atoms with E-state index in [-0.39, 0.29) is 0 Å². The van der Waals surface area contributed by atoms with Gasteiger partial charge < -0.3 is 14.6 Å². The molecule has 1 unspecified atom stereocenters. The van der Waals surface area contributed by atoms with E-state index in [2.05, 4.69) is 0 Å². The van der Waals surface area contributed by atoms with Crippen molar-refractivity contribution >= 4 is 6.29 Å². The maximum Gasteiger partial charge on any atom is 0.169 e. The lowest BCUT2D eigenvalue weighted by molar-refractivity contribution is 0.112. The van der Waals surface area contributed by atoms with E-state index in [0.29, 0.717) is 28.4 Å². The molecule has 1 atom stereocenters. The van der Waals surface area contributed by atoms with Gasteiger partial charge in [-0.15, -0.1) is 0 Å². The molecule has 2 rings (SSSR count). The summed E-state index contributed by atoms with van der Waals surface area (Å²) in [6, 6.07) is 12.2. The van der Waals surface area contributed by atoms with Crippen LogP contribution in [0.15, 0.2) is 42.5 Å². The minimum absolute atomic E-state index is 0.468. The van der Waals surface area contributed by atoms with E-state index in [1.54, 1.807) is 37.3 Å². The molecule has 1 N–H and O–H groups in total. The largest absolute Gasteiger partial charge is 0.493 e. The Labute approximate surface area is 117 Å². The number of methoxy groups -OCH3 is 1. The molecule has 0 radical (unpaired) electrons. The topological polar surface area (TPSA) is 55.8 Å². The van der Waals surface area contributed by atoms with Gasteiger partial charge in [0.15, 0.2) is 11.5 Å². The molecule has 0 heterocycles. The van der Waals surface area contributed by atoms with Crippen molar-refractivity contribution in [3.05, 3.63) is 53.6 Å². The lowest BCUT2D eigenvalue weighted by atomic mass is 10.1. The van der Waals surface area contributed by atoms with E-state index in [1.165, 1.54) is 7.11 Å². The average molecular weight is 272 g/mol. The van der Waals surface area contributed by atoms with Gasteiger partial charge in [0.05, 0.1) is 13.2 Å². The van der Waals surface area contributed by atoms with Gasteiger partial charge in [0.25, 0.3) is 0 Å². The quantitative estimate of drug-likeness (QED) is 0.848. The summed E-state index contributed by atoms with van der Waals surface area (Å²) in [4.78, 5) is 10.8. The first-order valence-electron chi connectivity index (χ1n) is 6.23. The summed E-state index contributed by atoms with van der Waals surface area (Å²) in [5.74, 6) is 1.51. The molecule has 4 heteroatoms. The molecule has 0 bridgehead atoms. The fourth-order valence-electron chi connectivity index (χ4n) is 1.88. The number of hydrogen-bond donors (Lipinski definition) is 1. The van der Waals surface area contributed by atoms with Crippen molar-refractivity contribution in [3.63, 3.8) is 0 Å². The number of ether oxygens (including phenoxy) is 2. The molecular weight excluding hydrogens is 256 g/mol. The first-order chi connectivity index (χ1) is 9.65. The van der Waals surface area contributed by atoms with Crippen LogP contribution in [-0.4, -0.2) is 18.5 Å². The predicted octanol–water partition coefficient (Wildman–Crippen LogP) is 3.35. The highest BCUT2D eigenvalue weighted by Gasteiger charge is 2.12. The molecule has 2 aromatic carbocycles. The number of para-hydroxylation sites is 1. The molecule has 0 aromatic heterocycles. The summed E-state index contributed by atoms with van der Waals surface area (Å²) in [5, 5.41) is 9.73. The van der Waals surface area contributed by atoms with Crippen LogP contribution in [0.3, 0.4) is 0 Å². The second kappa shape index (κ2) is 6.21. The monoisotopic (exact) mass is 272 g/mol. The normalized spacial score (nSPS) is 11.8. The highest BCUT2D eigenvalue weighted by molar-refractivity contribution is 5.76. The second-order valence-electron chi connectivity index (χ2n) is 4.34. The average Bonchev–Trinajstić information content (AvgIpc) is 2.48. The number of aldehydes is 1. The zero-order valence-electron chi connectivity index (χ0n) is 11.4. The molecule has 0 aliphatic rings. The molecule has 104 valence electrons. The predicted molar refractivity (Wildman–Crippen MR) is 75.5 cm³/mol. The van der Waals surface area contributed by atoms with Crippen LogP contribution in [-0.2, 0) is 0 Å². The van der Waals surface area contributed by atoms with Gasteiger partial charge in [-0.3, -0.25) is 4.79 Å². The maximum absolute atomic E-state index is 10.8. The Morgan fingerprint density at radius 1 is 1.10 bits per heavy atom. The van der Waals surface area contributed by atoms with Crippen LogP contribution < -0.4 is 9.47 Å². The van der Waals surface area contributed by atoms with Crippen molar-refractivity contribution in [2.75, 3.05) is 7.11 Å². The van der Waals surface area contributed by atoms with Crippen molar-refractivity contribution < 1.29 is 19.4 Å². The highest BCUT2D eigenvalue weighted by Crippen LogP contribution is 2.35. The molecule has 0 saturated heterocycles. The Bertz CT molecular complexity index is 605. The van der Waals surface area contributed by atoms with Crippen LogP contribution in [0.1, 0.15) is 28.9 Å². The smallest absolute Gasteiger partial charge is 0.169 e. The number of aliphatic hydroxyl groups is 1. The number of hydrogen-bond acceptors (Lipinski definition) is 4. The molecule has 4 nitrogen and oxygen atoms in total. The van der Waals surface area contributed by atoms with E-state index in [1.807, 2.05) is 12.1 Å². The van der Waals surface area contributed by atoms with Gasteiger partial charge >= 0.3 is 0 Å². The Kier molecular flexibility index (Phi) is 4.38. The van der Waals surface area contributed by atoms with E-state index < -0.39 is 6.10 Å². The van der Waals surface area contributed by atoms with Crippen LogP contribution in [0, 0.1) is 0 Å². The summed E-state index contributed by atoms with van der Waals surface area (Å²) in [6.07, 6.45) is 0.113. The van der Waals surface area contributed by atoms with Crippen LogP contribution in [0.4, 0.5) is 0 Å². The summed E-state index contributed by atoms with van der Waals surface area (Å²) < 4.78 is 11.0. The standard InChI is InChI=1S/C16H16O4/c1-11(18)13-5-3-4-6-14(13)20-15-8-7-12(10-17)9-16(15)19-2/h3-11,18H,1-2H3. The zero-order chi connectivity index (χ0) is 14.5. The van der Waals surface area contributed by atoms with Crippen LogP contribution in [0.25, 0.3) is 0 Å². The SMILES string of the molecule is COc1cc(C=O)ccc1Oc1ccccc1C(C)O. The van der Waals surface area contributed by atoms with Gasteiger partial charge in [0.1, 0.15) is 12.0 Å². The Hall–Kier alpha value is -2.33. The summed E-state index contributed by atoms with van der Waals surface area (Å²) in [7, 11) is 1.51. The minimum atomic E-state index is -0.633. The number of rotatable bonds is 5. The fourth-order valence-corrected chi connectivity index (χ4v) is 1.88. The second-order valence-corrected chi connectivity index (χ2v) is 4.34. The maximum atomic E-state index is 10.8. The lowest BCUT2D eigenvalue weighted by Gasteiger charge is -2.15. The Morgan fingerprint density at radius 2 is 1.85 bits per heavy atom. The van der Waals surface area contributed by atoms with Crippen molar-refractivity contribution in [1.82, 2.24) is 0 Å². The number of carbonyl (C=O) groups is 1. The van der Waals surface area contributed by atoms with Crippen molar-refractivity contribution in [2.24, 2.45) is 0 Å². The molecule has 0 fully saturated rings. The van der Waals surface area contributed by atoms with Gasteiger partial charge in [-0.25, -0.2) is 0 Å². The molecule has 0 aliphatic carbocycles. The van der Waals surface area contributed by atoms with Crippen LogP contribution in [0.2, 0.25) is 0 Å². The highest BCUT2D eigenvalue weighted by atomic mass is 16.5. The Morgan fingerprint density at radius 3 is 2.50 bits per heavy atom. The van der Waals surface area contributed by atoms with Crippen molar-refractivity contribution in [3.8, 4) is 17.2 Å². The zero-order valence-corrected chi connectivity index (χ0v) is 11.4. The van der Waals surface area contributed by atoms with E-state index in [0.717, 1.165) is 6.29 Å². The number of benzene rings is 2. The first-order valence-corrected chi connectivity index (χ1v) is 6.23. The summed E-state index contributed by atoms with van der Waals surface area (Å²) in [6.45, 7) is 1.68. The molecule has 0 aliphatic heterocycles. The molecule has 2 aromatic rings. The minimum Gasteiger partial charge on any atom is -0.493 e. The Balaban J connectivity index is 2.37. The van der Waals surface area contributed by atoms with Gasteiger partial charge in [0, 0.05) is 11.1 Å². The van der Waals surface area contributed by atoms with E-state index in [4.69, 9.17) is 9.47 Å². The lowest BCUT2D eigenvalue weighted by Crippen LogP contribution is -1.97. The van der Waals surface area contributed by atoms with E-state index in [9.17, 15) is 9.90 Å². The molecular formula is C16H16O4. The van der Waals surface area contributed by atoms with Gasteiger partial charge in [-0.05, 0) is 31.2 Å². The summed E-state index contributed by atoms with van der Waals surface area (Å²) >= 11 is 0. The third kappa shape index (κ3) is 2.97. The van der Waals surface area contributed by atoms with E-state index >= 15 is 0 Å². The molecule has 20 heavy (non-hydrogen) atoms. The molecule has 0 spiro atoms. The molecule has 0 saturated carbocycles. The van der Waals surface area contributed by atoms with Gasteiger partial charge in [-0.2, -0.15) is 0 Å². The fraction of sp³-hybridized carbons (Fsp3) is 0.188. The number of carbonyl (C=O) groups excluding carboxylic acids is 1. The van der Waals surface area contributed by atoms with Gasteiger partial charge in [-0.1, -0.05) is 18.2 Å². The van der Waals surface area contributed by atoms with Crippen molar-refractivity contribution in [2.45, 2.75) is 13.0 Å². The summed E-state index contributed by atoms with van der Waals surface area (Å²) in [5.41, 5.74) is 1.20. The third-order valence-electron chi connectivity index (χ3n) is 2.91. The van der Waals surface area contributed by atoms with Gasteiger partial charge in [0.2, 0.25) is 0 Å².